The Balaban J connectivity index is 1.95. The van der Waals surface area contributed by atoms with Crippen molar-refractivity contribution in [2.24, 2.45) is 11.7 Å². The summed E-state index contributed by atoms with van der Waals surface area (Å²) in [6.07, 6.45) is 6.01. The highest BCUT2D eigenvalue weighted by molar-refractivity contribution is 6.99. The van der Waals surface area contributed by atoms with Crippen LogP contribution >= 0.6 is 11.7 Å². The van der Waals surface area contributed by atoms with Crippen LogP contribution in [-0.2, 0) is 0 Å². The number of amides is 1. The van der Waals surface area contributed by atoms with Crippen LogP contribution in [0.25, 0.3) is 0 Å². The van der Waals surface area contributed by atoms with Crippen LogP contribution in [0.1, 0.15) is 36.2 Å². The first-order chi connectivity index (χ1) is 7.81. The Morgan fingerprint density at radius 1 is 1.56 bits per heavy atom. The zero-order chi connectivity index (χ0) is 11.4. The maximum absolute atomic E-state index is 11.8. The average molecular weight is 240 g/mol. The first-order valence-corrected chi connectivity index (χ1v) is 6.33. The van der Waals surface area contributed by atoms with Gasteiger partial charge in [-0.3, -0.25) is 4.79 Å². The van der Waals surface area contributed by atoms with E-state index in [1.54, 1.807) is 0 Å². The summed E-state index contributed by atoms with van der Waals surface area (Å²) in [5.74, 6) is 0.281. The minimum Gasteiger partial charge on any atom is -0.348 e. The summed E-state index contributed by atoms with van der Waals surface area (Å²) in [5, 5.41) is 3.01. The molecule has 16 heavy (non-hydrogen) atoms. The minimum atomic E-state index is -0.126. The van der Waals surface area contributed by atoms with Gasteiger partial charge < -0.3 is 11.1 Å². The van der Waals surface area contributed by atoms with Crippen LogP contribution < -0.4 is 11.1 Å². The van der Waals surface area contributed by atoms with Gasteiger partial charge in [0.15, 0.2) is 5.69 Å². The number of aromatic nitrogens is 2. The van der Waals surface area contributed by atoms with Crippen molar-refractivity contribution in [3.63, 3.8) is 0 Å². The van der Waals surface area contributed by atoms with Crippen molar-refractivity contribution >= 4 is 17.6 Å². The van der Waals surface area contributed by atoms with Gasteiger partial charge in [-0.1, -0.05) is 12.8 Å². The molecule has 1 aromatic rings. The summed E-state index contributed by atoms with van der Waals surface area (Å²) in [6, 6.07) is 0.202. The third kappa shape index (κ3) is 2.56. The van der Waals surface area contributed by atoms with E-state index in [2.05, 4.69) is 14.1 Å². The largest absolute Gasteiger partial charge is 0.348 e. The molecular formula is C10H16N4OS. The Bertz CT molecular complexity index is 341. The molecule has 1 saturated carbocycles. The van der Waals surface area contributed by atoms with Crippen molar-refractivity contribution < 1.29 is 4.79 Å². The molecule has 2 unspecified atom stereocenters. The van der Waals surface area contributed by atoms with Crippen molar-refractivity contribution in [2.75, 3.05) is 6.54 Å². The molecule has 3 N–H and O–H groups in total. The first-order valence-electron chi connectivity index (χ1n) is 5.59. The lowest BCUT2D eigenvalue weighted by Gasteiger charge is -2.30. The number of hydrogen-bond acceptors (Lipinski definition) is 5. The number of nitrogens with zero attached hydrogens (tertiary/aromatic N) is 2. The molecule has 2 atom stereocenters. The van der Waals surface area contributed by atoms with E-state index in [-0.39, 0.29) is 11.9 Å². The molecular weight excluding hydrogens is 224 g/mol. The number of nitrogens with two attached hydrogens (primary N) is 1. The summed E-state index contributed by atoms with van der Waals surface area (Å²) >= 11 is 1.05. The third-order valence-electron chi connectivity index (χ3n) is 3.12. The summed E-state index contributed by atoms with van der Waals surface area (Å²) in [5.41, 5.74) is 6.12. The van der Waals surface area contributed by atoms with Crippen LogP contribution in [-0.4, -0.2) is 27.2 Å². The van der Waals surface area contributed by atoms with Crippen LogP contribution in [0, 0.1) is 5.92 Å². The number of hydrogen-bond donors (Lipinski definition) is 2. The molecule has 1 aliphatic rings. The van der Waals surface area contributed by atoms with Gasteiger partial charge in [-0.2, -0.15) is 8.75 Å². The van der Waals surface area contributed by atoms with Crippen molar-refractivity contribution in [1.29, 1.82) is 0 Å². The maximum Gasteiger partial charge on any atom is 0.272 e. The molecule has 0 aliphatic heterocycles. The van der Waals surface area contributed by atoms with E-state index in [0.717, 1.165) is 31.0 Å². The molecule has 0 spiro atoms. The zero-order valence-corrected chi connectivity index (χ0v) is 9.87. The molecule has 0 bridgehead atoms. The zero-order valence-electron chi connectivity index (χ0n) is 9.06. The van der Waals surface area contributed by atoms with Gasteiger partial charge >= 0.3 is 0 Å². The molecule has 1 aromatic heterocycles. The summed E-state index contributed by atoms with van der Waals surface area (Å²) < 4.78 is 7.74. The van der Waals surface area contributed by atoms with E-state index in [9.17, 15) is 4.79 Å². The minimum absolute atomic E-state index is 0.126. The lowest BCUT2D eigenvalue weighted by atomic mass is 9.84. The summed E-state index contributed by atoms with van der Waals surface area (Å²) in [4.78, 5) is 11.8. The monoisotopic (exact) mass is 240 g/mol. The van der Waals surface area contributed by atoms with E-state index >= 15 is 0 Å². The van der Waals surface area contributed by atoms with Crippen molar-refractivity contribution in [2.45, 2.75) is 31.7 Å². The van der Waals surface area contributed by atoms with Crippen LogP contribution in [0.3, 0.4) is 0 Å². The molecule has 0 aromatic carbocycles. The molecule has 6 heteroatoms. The topological polar surface area (TPSA) is 80.9 Å². The Morgan fingerprint density at radius 2 is 2.38 bits per heavy atom. The molecule has 0 radical (unpaired) electrons. The summed E-state index contributed by atoms with van der Waals surface area (Å²) in [6.45, 7) is 0.639. The number of nitrogens with one attached hydrogen (secondary N) is 1. The van der Waals surface area contributed by atoms with Gasteiger partial charge in [-0.05, 0) is 25.3 Å². The van der Waals surface area contributed by atoms with Gasteiger partial charge in [-0.25, -0.2) is 0 Å². The van der Waals surface area contributed by atoms with Gasteiger partial charge in [0.05, 0.1) is 17.9 Å². The molecule has 1 amide bonds. The third-order valence-corrected chi connectivity index (χ3v) is 3.60. The predicted octanol–water partition coefficient (Wildman–Crippen LogP) is 0.785. The molecule has 5 nitrogen and oxygen atoms in total. The van der Waals surface area contributed by atoms with Gasteiger partial charge in [0.25, 0.3) is 5.91 Å². The smallest absolute Gasteiger partial charge is 0.272 e. The van der Waals surface area contributed by atoms with Gasteiger partial charge in [0, 0.05) is 6.04 Å². The lowest BCUT2D eigenvalue weighted by Crippen LogP contribution is -2.44. The SMILES string of the molecule is NCC1CCCCC1NC(=O)c1cnsn1. The average Bonchev–Trinajstić information content (AvgIpc) is 2.83. The van der Waals surface area contributed by atoms with Gasteiger partial charge in [0.1, 0.15) is 0 Å². The standard InChI is InChI=1S/C10H16N4OS/c11-5-7-3-1-2-4-8(7)13-10(15)9-6-12-16-14-9/h6-8H,1-5,11H2,(H,13,15). The quantitative estimate of drug-likeness (QED) is 0.818. The van der Waals surface area contributed by atoms with E-state index < -0.39 is 0 Å². The van der Waals surface area contributed by atoms with Crippen molar-refractivity contribution in [3.8, 4) is 0 Å². The van der Waals surface area contributed by atoms with E-state index in [4.69, 9.17) is 5.73 Å². The predicted molar refractivity (Wildman–Crippen MR) is 62.2 cm³/mol. The van der Waals surface area contributed by atoms with Crippen LogP contribution in [0.5, 0.6) is 0 Å². The van der Waals surface area contributed by atoms with E-state index in [1.165, 1.54) is 12.6 Å². The highest BCUT2D eigenvalue weighted by Gasteiger charge is 2.26. The second-order valence-corrected chi connectivity index (χ2v) is 4.71. The molecule has 1 aliphatic carbocycles. The maximum atomic E-state index is 11.8. The van der Waals surface area contributed by atoms with E-state index in [1.807, 2.05) is 0 Å². The lowest BCUT2D eigenvalue weighted by molar-refractivity contribution is 0.0904. The van der Waals surface area contributed by atoms with Crippen LogP contribution in [0.15, 0.2) is 6.20 Å². The van der Waals surface area contributed by atoms with Crippen molar-refractivity contribution in [3.05, 3.63) is 11.9 Å². The Labute approximate surface area is 98.8 Å². The first kappa shape index (κ1) is 11.5. The molecule has 1 fully saturated rings. The number of carbonyl (C=O) groups is 1. The van der Waals surface area contributed by atoms with Gasteiger partial charge in [0.2, 0.25) is 0 Å². The Kier molecular flexibility index (Phi) is 3.84. The normalized spacial score (nSPS) is 25.3. The molecule has 2 rings (SSSR count). The van der Waals surface area contributed by atoms with Gasteiger partial charge in [-0.15, -0.1) is 0 Å². The number of rotatable bonds is 3. The molecule has 88 valence electrons. The second-order valence-electron chi connectivity index (χ2n) is 4.15. The second kappa shape index (κ2) is 5.36. The Morgan fingerprint density at radius 3 is 3.06 bits per heavy atom. The fourth-order valence-corrected chi connectivity index (χ4v) is 2.60. The van der Waals surface area contributed by atoms with E-state index in [0.29, 0.717) is 18.2 Å². The molecule has 0 saturated heterocycles. The fourth-order valence-electron chi connectivity index (χ4n) is 2.19. The van der Waals surface area contributed by atoms with Crippen LogP contribution in [0.4, 0.5) is 0 Å². The molecule has 1 heterocycles. The Hall–Kier alpha value is -1.01. The van der Waals surface area contributed by atoms with Crippen molar-refractivity contribution in [1.82, 2.24) is 14.1 Å². The summed E-state index contributed by atoms with van der Waals surface area (Å²) in [7, 11) is 0. The number of carbonyl (C=O) groups excluding carboxylic acids is 1. The fraction of sp³-hybridized carbons (Fsp3) is 0.700. The van der Waals surface area contributed by atoms with Crippen LogP contribution in [0.2, 0.25) is 0 Å². The highest BCUT2D eigenvalue weighted by Crippen LogP contribution is 2.23. The highest BCUT2D eigenvalue weighted by atomic mass is 32.1.